The molecule has 0 aliphatic carbocycles. The van der Waals surface area contributed by atoms with Crippen molar-refractivity contribution in [3.05, 3.63) is 59.2 Å². The highest BCUT2D eigenvalue weighted by molar-refractivity contribution is 5.95. The molecule has 7 heteroatoms. The SMILES string of the molecule is CC(C)C(=O)N1CCCc2cc(C(O)CN3CCN(c4ccc(F)cc4F)CC3)ccc21. The topological polar surface area (TPSA) is 47.0 Å². The predicted octanol–water partition coefficient (Wildman–Crippen LogP) is 3.76. The van der Waals surface area contributed by atoms with Crippen LogP contribution in [0.4, 0.5) is 20.2 Å². The molecule has 2 aromatic carbocycles. The maximum atomic E-state index is 14.1. The van der Waals surface area contributed by atoms with Crippen molar-refractivity contribution in [2.45, 2.75) is 32.8 Å². The van der Waals surface area contributed by atoms with Gasteiger partial charge < -0.3 is 14.9 Å². The number of carbonyl (C=O) groups excluding carboxylic acids is 1. The fourth-order valence-corrected chi connectivity index (χ4v) is 4.62. The normalized spacial score (nSPS) is 18.1. The molecule has 4 rings (SSSR count). The third-order valence-corrected chi connectivity index (χ3v) is 6.42. The number of benzene rings is 2. The van der Waals surface area contributed by atoms with Gasteiger partial charge in [-0.25, -0.2) is 8.78 Å². The van der Waals surface area contributed by atoms with Crippen LogP contribution >= 0.6 is 0 Å². The van der Waals surface area contributed by atoms with E-state index in [0.717, 1.165) is 42.3 Å². The van der Waals surface area contributed by atoms with Gasteiger partial charge >= 0.3 is 0 Å². The van der Waals surface area contributed by atoms with Crippen molar-refractivity contribution in [1.82, 2.24) is 4.90 Å². The van der Waals surface area contributed by atoms with Crippen LogP contribution in [-0.2, 0) is 11.2 Å². The Bertz CT molecular complexity index is 974. The van der Waals surface area contributed by atoms with Gasteiger partial charge in [0.05, 0.1) is 11.8 Å². The van der Waals surface area contributed by atoms with Crippen LogP contribution in [0.25, 0.3) is 0 Å². The number of nitrogens with zero attached hydrogens (tertiary/aromatic N) is 3. The number of amides is 1. The Morgan fingerprint density at radius 3 is 2.41 bits per heavy atom. The monoisotopic (exact) mass is 443 g/mol. The van der Waals surface area contributed by atoms with Crippen molar-refractivity contribution in [2.75, 3.05) is 49.1 Å². The van der Waals surface area contributed by atoms with Crippen LogP contribution in [0.2, 0.25) is 0 Å². The Hall–Kier alpha value is -2.51. The van der Waals surface area contributed by atoms with Crippen LogP contribution in [0.3, 0.4) is 0 Å². The number of aliphatic hydroxyl groups excluding tert-OH is 1. The third-order valence-electron chi connectivity index (χ3n) is 6.42. The first-order valence-corrected chi connectivity index (χ1v) is 11.4. The number of rotatable bonds is 5. The molecule has 172 valence electrons. The first-order chi connectivity index (χ1) is 15.3. The van der Waals surface area contributed by atoms with Gasteiger partial charge in [0, 0.05) is 56.9 Å². The van der Waals surface area contributed by atoms with Gasteiger partial charge in [0.25, 0.3) is 0 Å². The lowest BCUT2D eigenvalue weighted by molar-refractivity contribution is -0.121. The molecule has 32 heavy (non-hydrogen) atoms. The summed E-state index contributed by atoms with van der Waals surface area (Å²) in [5, 5.41) is 10.9. The van der Waals surface area contributed by atoms with E-state index in [1.807, 2.05) is 41.8 Å². The highest BCUT2D eigenvalue weighted by Gasteiger charge is 2.26. The van der Waals surface area contributed by atoms with Crippen molar-refractivity contribution < 1.29 is 18.7 Å². The van der Waals surface area contributed by atoms with Crippen LogP contribution < -0.4 is 9.80 Å². The molecule has 1 atom stereocenters. The molecule has 2 aromatic rings. The van der Waals surface area contributed by atoms with E-state index in [1.54, 1.807) is 0 Å². The quantitative estimate of drug-likeness (QED) is 0.765. The van der Waals surface area contributed by atoms with E-state index in [9.17, 15) is 18.7 Å². The summed E-state index contributed by atoms with van der Waals surface area (Å²) in [6, 6.07) is 9.58. The van der Waals surface area contributed by atoms with E-state index in [1.165, 1.54) is 12.1 Å². The van der Waals surface area contributed by atoms with Gasteiger partial charge in [-0.15, -0.1) is 0 Å². The Kier molecular flexibility index (Phi) is 6.76. The highest BCUT2D eigenvalue weighted by atomic mass is 19.1. The molecule has 0 radical (unpaired) electrons. The summed E-state index contributed by atoms with van der Waals surface area (Å²) in [5.41, 5.74) is 3.34. The zero-order valence-electron chi connectivity index (χ0n) is 18.7. The van der Waals surface area contributed by atoms with Crippen LogP contribution in [-0.4, -0.2) is 55.2 Å². The molecule has 1 saturated heterocycles. The van der Waals surface area contributed by atoms with E-state index in [2.05, 4.69) is 4.90 Å². The molecule has 1 fully saturated rings. The van der Waals surface area contributed by atoms with Gasteiger partial charge in [-0.3, -0.25) is 9.69 Å². The number of halogens is 2. The summed E-state index contributed by atoms with van der Waals surface area (Å²) >= 11 is 0. The lowest BCUT2D eigenvalue weighted by Gasteiger charge is -2.37. The van der Waals surface area contributed by atoms with E-state index >= 15 is 0 Å². The summed E-state index contributed by atoms with van der Waals surface area (Å²) in [7, 11) is 0. The molecule has 0 saturated carbocycles. The molecule has 2 aliphatic rings. The molecule has 0 aromatic heterocycles. The van der Waals surface area contributed by atoms with Gasteiger partial charge in [-0.05, 0) is 42.2 Å². The smallest absolute Gasteiger partial charge is 0.229 e. The number of anilines is 2. The van der Waals surface area contributed by atoms with Crippen molar-refractivity contribution in [3.63, 3.8) is 0 Å². The Labute approximate surface area is 188 Å². The van der Waals surface area contributed by atoms with Crippen LogP contribution in [0.1, 0.15) is 37.5 Å². The number of fused-ring (bicyclic) bond motifs is 1. The minimum Gasteiger partial charge on any atom is -0.387 e. The Balaban J connectivity index is 1.38. The molecule has 2 aliphatic heterocycles. The summed E-state index contributed by atoms with van der Waals surface area (Å²) in [6.45, 7) is 7.68. The number of carbonyl (C=O) groups is 1. The molecule has 1 N–H and O–H groups in total. The second-order valence-electron chi connectivity index (χ2n) is 9.04. The largest absolute Gasteiger partial charge is 0.387 e. The summed E-state index contributed by atoms with van der Waals surface area (Å²) in [4.78, 5) is 18.5. The van der Waals surface area contributed by atoms with Gasteiger partial charge in [-0.1, -0.05) is 26.0 Å². The zero-order chi connectivity index (χ0) is 22.8. The Morgan fingerprint density at radius 1 is 1.00 bits per heavy atom. The van der Waals surface area contributed by atoms with Gasteiger partial charge in [0.1, 0.15) is 11.6 Å². The number of β-amino-alcohol motifs (C(OH)–C–C–N with tert-alkyl or cyclic N) is 1. The number of hydrogen-bond donors (Lipinski definition) is 1. The van der Waals surface area contributed by atoms with Crippen LogP contribution in [0.5, 0.6) is 0 Å². The summed E-state index contributed by atoms with van der Waals surface area (Å²) in [6.07, 6.45) is 1.19. The Morgan fingerprint density at radius 2 is 1.72 bits per heavy atom. The lowest BCUT2D eigenvalue weighted by atomic mass is 9.96. The van der Waals surface area contributed by atoms with E-state index in [4.69, 9.17) is 0 Å². The number of piperazine rings is 1. The molecular formula is C25H31F2N3O2. The molecular weight excluding hydrogens is 412 g/mol. The average Bonchev–Trinajstić information content (AvgIpc) is 2.78. The highest BCUT2D eigenvalue weighted by Crippen LogP contribution is 2.31. The van der Waals surface area contributed by atoms with E-state index in [-0.39, 0.29) is 11.8 Å². The second kappa shape index (κ2) is 9.55. The van der Waals surface area contributed by atoms with Crippen molar-refractivity contribution >= 4 is 17.3 Å². The number of hydrogen-bond acceptors (Lipinski definition) is 4. The maximum absolute atomic E-state index is 14.1. The second-order valence-corrected chi connectivity index (χ2v) is 9.04. The fraction of sp³-hybridized carbons (Fsp3) is 0.480. The van der Waals surface area contributed by atoms with Crippen LogP contribution in [0, 0.1) is 17.6 Å². The molecule has 5 nitrogen and oxygen atoms in total. The maximum Gasteiger partial charge on any atom is 0.229 e. The number of aryl methyl sites for hydroxylation is 1. The lowest BCUT2D eigenvalue weighted by Crippen LogP contribution is -2.47. The average molecular weight is 444 g/mol. The van der Waals surface area contributed by atoms with Gasteiger partial charge in [-0.2, -0.15) is 0 Å². The summed E-state index contributed by atoms with van der Waals surface area (Å²) in [5.74, 6) is -1.03. The molecule has 1 unspecified atom stereocenters. The third kappa shape index (κ3) is 4.79. The molecule has 2 heterocycles. The van der Waals surface area contributed by atoms with Crippen molar-refractivity contribution in [3.8, 4) is 0 Å². The fourth-order valence-electron chi connectivity index (χ4n) is 4.62. The molecule has 0 bridgehead atoms. The zero-order valence-corrected chi connectivity index (χ0v) is 18.7. The standard InChI is InChI=1S/C25H31F2N3O2/c1-17(2)25(32)30-9-3-4-18-14-19(5-7-22(18)30)24(31)16-28-10-12-29(13-11-28)23-8-6-20(26)15-21(23)27/h5-8,14-15,17,24,31H,3-4,9-13,16H2,1-2H3. The van der Waals surface area contributed by atoms with Gasteiger partial charge in [0.15, 0.2) is 0 Å². The van der Waals surface area contributed by atoms with Crippen molar-refractivity contribution in [1.29, 1.82) is 0 Å². The van der Waals surface area contributed by atoms with Gasteiger partial charge in [0.2, 0.25) is 5.91 Å². The van der Waals surface area contributed by atoms with E-state index < -0.39 is 17.7 Å². The predicted molar refractivity (Wildman–Crippen MR) is 122 cm³/mol. The minimum absolute atomic E-state index is 0.0479. The first-order valence-electron chi connectivity index (χ1n) is 11.4. The minimum atomic E-state index is -0.634. The molecule has 1 amide bonds. The number of aliphatic hydroxyl groups is 1. The van der Waals surface area contributed by atoms with Crippen LogP contribution in [0.15, 0.2) is 36.4 Å². The first kappa shape index (κ1) is 22.7. The molecule has 0 spiro atoms. The van der Waals surface area contributed by atoms with E-state index in [0.29, 0.717) is 38.4 Å². The van der Waals surface area contributed by atoms with Crippen molar-refractivity contribution in [2.24, 2.45) is 5.92 Å². The summed E-state index contributed by atoms with van der Waals surface area (Å²) < 4.78 is 27.2.